The van der Waals surface area contributed by atoms with Gasteiger partial charge in [0.1, 0.15) is 5.75 Å². The van der Waals surface area contributed by atoms with Crippen LogP contribution < -0.4 is 10.1 Å². The van der Waals surface area contributed by atoms with Crippen LogP contribution in [-0.2, 0) is 0 Å². The van der Waals surface area contributed by atoms with Crippen molar-refractivity contribution in [2.24, 2.45) is 0 Å². The molecular formula is C27H32N2O2. The lowest BCUT2D eigenvalue weighted by molar-refractivity contribution is 0.102. The van der Waals surface area contributed by atoms with Crippen LogP contribution in [0.3, 0.4) is 0 Å². The summed E-state index contributed by atoms with van der Waals surface area (Å²) in [7, 11) is 0. The minimum atomic E-state index is -0.0943. The van der Waals surface area contributed by atoms with E-state index in [-0.39, 0.29) is 5.91 Å². The van der Waals surface area contributed by atoms with Crippen LogP contribution in [0.2, 0.25) is 0 Å². The molecule has 0 aromatic heterocycles. The number of piperidine rings is 1. The molecule has 0 atom stereocenters. The standard InChI is InChI=1S/C27H32N2O2/c1-20-7-11-25(17-21(20)2)28-27(30)24-9-8-23-19-26(12-10-22(23)18-24)31-16-6-15-29-13-4-3-5-14-29/h7-12,17-19H,3-6,13-16H2,1-2H3,(H,28,30). The maximum atomic E-state index is 12.7. The number of nitrogens with one attached hydrogen (secondary N) is 1. The number of amides is 1. The number of benzene rings is 3. The highest BCUT2D eigenvalue weighted by Gasteiger charge is 2.10. The molecule has 3 aromatic rings. The summed E-state index contributed by atoms with van der Waals surface area (Å²) in [5, 5.41) is 5.11. The number of fused-ring (bicyclic) bond motifs is 1. The summed E-state index contributed by atoms with van der Waals surface area (Å²) in [6, 6.07) is 17.9. The van der Waals surface area contributed by atoms with Crippen molar-refractivity contribution in [3.8, 4) is 5.75 Å². The molecule has 0 spiro atoms. The second-order valence-corrected chi connectivity index (χ2v) is 8.58. The highest BCUT2D eigenvalue weighted by Crippen LogP contribution is 2.23. The molecule has 1 aliphatic heterocycles. The first-order valence-corrected chi connectivity index (χ1v) is 11.4. The number of hydrogen-bond acceptors (Lipinski definition) is 3. The third kappa shape index (κ3) is 5.65. The summed E-state index contributed by atoms with van der Waals surface area (Å²) in [5.41, 5.74) is 3.86. The van der Waals surface area contributed by atoms with E-state index in [2.05, 4.69) is 23.2 Å². The molecule has 1 heterocycles. The molecule has 31 heavy (non-hydrogen) atoms. The Morgan fingerprint density at radius 1 is 0.903 bits per heavy atom. The molecule has 3 aromatic carbocycles. The molecule has 1 amide bonds. The maximum absolute atomic E-state index is 12.7. The largest absolute Gasteiger partial charge is 0.494 e. The van der Waals surface area contributed by atoms with Gasteiger partial charge < -0.3 is 15.0 Å². The molecule has 162 valence electrons. The van der Waals surface area contributed by atoms with Crippen LogP contribution in [-0.4, -0.2) is 37.0 Å². The van der Waals surface area contributed by atoms with Gasteiger partial charge in [0.25, 0.3) is 5.91 Å². The number of carbonyl (C=O) groups is 1. The van der Waals surface area contributed by atoms with Gasteiger partial charge in [-0.3, -0.25) is 4.79 Å². The summed E-state index contributed by atoms with van der Waals surface area (Å²) in [5.74, 6) is 0.793. The third-order valence-corrected chi connectivity index (χ3v) is 6.17. The molecular weight excluding hydrogens is 384 g/mol. The molecule has 0 saturated carbocycles. The Bertz CT molecular complexity index is 1050. The molecule has 1 aliphatic rings. The fourth-order valence-corrected chi connectivity index (χ4v) is 4.14. The first-order chi connectivity index (χ1) is 15.1. The summed E-state index contributed by atoms with van der Waals surface area (Å²) in [4.78, 5) is 15.2. The SMILES string of the molecule is Cc1ccc(NC(=O)c2ccc3cc(OCCCN4CCCCC4)ccc3c2)cc1C. The zero-order chi connectivity index (χ0) is 21.6. The van der Waals surface area contributed by atoms with Gasteiger partial charge in [0.05, 0.1) is 6.61 Å². The van der Waals surface area contributed by atoms with Gasteiger partial charge >= 0.3 is 0 Å². The lowest BCUT2D eigenvalue weighted by atomic mass is 10.1. The number of rotatable bonds is 7. The number of aryl methyl sites for hydroxylation is 2. The molecule has 4 nitrogen and oxygen atoms in total. The molecule has 4 rings (SSSR count). The molecule has 1 saturated heterocycles. The van der Waals surface area contributed by atoms with E-state index in [9.17, 15) is 4.79 Å². The Kier molecular flexibility index (Phi) is 6.88. The summed E-state index contributed by atoms with van der Waals surface area (Å²) in [6.45, 7) is 8.43. The molecule has 0 aliphatic carbocycles. The Labute approximate surface area is 185 Å². The first-order valence-electron chi connectivity index (χ1n) is 11.4. The van der Waals surface area contributed by atoms with Crippen molar-refractivity contribution in [1.29, 1.82) is 0 Å². The quantitative estimate of drug-likeness (QED) is 0.483. The van der Waals surface area contributed by atoms with Crippen molar-refractivity contribution in [2.45, 2.75) is 39.5 Å². The van der Waals surface area contributed by atoms with Crippen LogP contribution in [0.15, 0.2) is 54.6 Å². The van der Waals surface area contributed by atoms with Crippen LogP contribution in [0.4, 0.5) is 5.69 Å². The predicted octanol–water partition coefficient (Wildman–Crippen LogP) is 5.96. The van der Waals surface area contributed by atoms with E-state index in [1.807, 2.05) is 55.5 Å². The number of anilines is 1. The molecule has 1 fully saturated rings. The van der Waals surface area contributed by atoms with Crippen molar-refractivity contribution < 1.29 is 9.53 Å². The highest BCUT2D eigenvalue weighted by molar-refractivity contribution is 6.06. The monoisotopic (exact) mass is 416 g/mol. The average Bonchev–Trinajstić information content (AvgIpc) is 2.79. The molecule has 0 bridgehead atoms. The van der Waals surface area contributed by atoms with E-state index in [1.165, 1.54) is 43.5 Å². The zero-order valence-corrected chi connectivity index (χ0v) is 18.6. The smallest absolute Gasteiger partial charge is 0.255 e. The van der Waals surface area contributed by atoms with Crippen molar-refractivity contribution in [1.82, 2.24) is 4.90 Å². The minimum absolute atomic E-state index is 0.0943. The van der Waals surface area contributed by atoms with Crippen molar-refractivity contribution in [3.63, 3.8) is 0 Å². The second kappa shape index (κ2) is 9.97. The first kappa shape index (κ1) is 21.4. The van der Waals surface area contributed by atoms with Crippen molar-refractivity contribution in [2.75, 3.05) is 31.6 Å². The Morgan fingerprint density at radius 3 is 2.48 bits per heavy atom. The second-order valence-electron chi connectivity index (χ2n) is 8.58. The van der Waals surface area contributed by atoms with Crippen molar-refractivity contribution in [3.05, 3.63) is 71.3 Å². The maximum Gasteiger partial charge on any atom is 0.255 e. The Hall–Kier alpha value is -2.85. The van der Waals surface area contributed by atoms with Crippen molar-refractivity contribution >= 4 is 22.4 Å². The lowest BCUT2D eigenvalue weighted by Crippen LogP contribution is -2.31. The van der Waals surface area contributed by atoms with Crippen LogP contribution in [0.1, 0.15) is 47.2 Å². The Morgan fingerprint density at radius 2 is 1.68 bits per heavy atom. The summed E-state index contributed by atoms with van der Waals surface area (Å²) in [6.07, 6.45) is 5.08. The lowest BCUT2D eigenvalue weighted by Gasteiger charge is -2.26. The van der Waals surface area contributed by atoms with Crippen LogP contribution in [0, 0.1) is 13.8 Å². The molecule has 1 N–H and O–H groups in total. The van der Waals surface area contributed by atoms with Gasteiger partial charge in [-0.1, -0.05) is 24.6 Å². The Balaban J connectivity index is 1.34. The number of carbonyl (C=O) groups excluding carboxylic acids is 1. The minimum Gasteiger partial charge on any atom is -0.494 e. The van der Waals surface area contributed by atoms with Gasteiger partial charge in [0, 0.05) is 17.8 Å². The molecule has 0 unspecified atom stereocenters. The fourth-order valence-electron chi connectivity index (χ4n) is 4.14. The van der Waals surface area contributed by atoms with E-state index in [1.54, 1.807) is 0 Å². The van der Waals surface area contributed by atoms with E-state index < -0.39 is 0 Å². The number of nitrogens with zero attached hydrogens (tertiary/aromatic N) is 1. The normalized spacial score (nSPS) is 14.5. The van der Waals surface area contributed by atoms with E-state index in [4.69, 9.17) is 4.74 Å². The molecule has 0 radical (unpaired) electrons. The van der Waals surface area contributed by atoms with Crippen LogP contribution in [0.5, 0.6) is 5.75 Å². The van der Waals surface area contributed by atoms with Gasteiger partial charge in [-0.15, -0.1) is 0 Å². The summed E-state index contributed by atoms with van der Waals surface area (Å²) >= 11 is 0. The van der Waals surface area contributed by atoms with Gasteiger partial charge in [0.15, 0.2) is 0 Å². The fraction of sp³-hybridized carbons (Fsp3) is 0.370. The predicted molar refractivity (Wildman–Crippen MR) is 128 cm³/mol. The number of ether oxygens (including phenoxy) is 1. The topological polar surface area (TPSA) is 41.6 Å². The zero-order valence-electron chi connectivity index (χ0n) is 18.6. The highest BCUT2D eigenvalue weighted by atomic mass is 16.5. The van der Waals surface area contributed by atoms with Gasteiger partial charge in [0.2, 0.25) is 0 Å². The van der Waals surface area contributed by atoms with Gasteiger partial charge in [-0.25, -0.2) is 0 Å². The van der Waals surface area contributed by atoms with E-state index >= 15 is 0 Å². The third-order valence-electron chi connectivity index (χ3n) is 6.17. The van der Waals surface area contributed by atoms with Crippen LogP contribution in [0.25, 0.3) is 10.8 Å². The number of likely N-dealkylation sites (tertiary alicyclic amines) is 1. The molecule has 4 heteroatoms. The van der Waals surface area contributed by atoms with Gasteiger partial charge in [-0.2, -0.15) is 0 Å². The van der Waals surface area contributed by atoms with E-state index in [0.29, 0.717) is 5.56 Å². The van der Waals surface area contributed by atoms with Gasteiger partial charge in [-0.05, 0) is 104 Å². The summed E-state index contributed by atoms with van der Waals surface area (Å²) < 4.78 is 5.98. The van der Waals surface area contributed by atoms with E-state index in [0.717, 1.165) is 41.8 Å². The van der Waals surface area contributed by atoms with Crippen LogP contribution >= 0.6 is 0 Å². The average molecular weight is 417 g/mol. The number of hydrogen-bond donors (Lipinski definition) is 1.